The minimum Gasteiger partial charge on any atom is -0.0683 e. The van der Waals surface area contributed by atoms with Crippen LogP contribution in [0.5, 0.6) is 0 Å². The molecule has 1 aliphatic carbocycles. The molecule has 0 bridgehead atoms. The smallest absolute Gasteiger partial charge is 0.0417 e. The lowest BCUT2D eigenvalue weighted by Crippen LogP contribution is -2.12. The van der Waals surface area contributed by atoms with Crippen molar-refractivity contribution in [3.05, 3.63) is 0 Å². The molecule has 1 fully saturated rings. The van der Waals surface area contributed by atoms with Crippen molar-refractivity contribution < 1.29 is 0 Å². The van der Waals surface area contributed by atoms with Gasteiger partial charge in [-0.1, -0.05) is 53.4 Å². The van der Waals surface area contributed by atoms with Crippen molar-refractivity contribution in [1.82, 2.24) is 0 Å². The Morgan fingerprint density at radius 3 is 1.30 bits per heavy atom. The normalized spacial score (nSPS) is 32.4. The lowest BCUT2D eigenvalue weighted by atomic mass is 9.82. The van der Waals surface area contributed by atoms with Gasteiger partial charge in [-0.25, -0.2) is 0 Å². The molecule has 1 rings (SSSR count). The Bertz CT molecular complexity index is 56.4. The van der Waals surface area contributed by atoms with Crippen LogP contribution in [0.25, 0.3) is 0 Å². The van der Waals surface area contributed by atoms with Gasteiger partial charge >= 0.3 is 0 Å². The van der Waals surface area contributed by atoms with Gasteiger partial charge in [-0.15, -0.1) is 0 Å². The molecule has 0 N–H and O–H groups in total. The molecule has 0 radical (unpaired) electrons. The first-order chi connectivity index (χ1) is 4.80. The van der Waals surface area contributed by atoms with Crippen LogP contribution in [0.2, 0.25) is 0 Å². The van der Waals surface area contributed by atoms with Crippen LogP contribution in [0, 0.1) is 11.8 Å². The van der Waals surface area contributed by atoms with Crippen LogP contribution >= 0.6 is 0 Å². The Morgan fingerprint density at radius 2 is 1.10 bits per heavy atom. The number of hydrogen-bond donors (Lipinski definition) is 0. The predicted octanol–water partition coefficient (Wildman–Crippen LogP) is 3.86. The highest BCUT2D eigenvalue weighted by Crippen LogP contribution is 2.28. The van der Waals surface area contributed by atoms with Gasteiger partial charge < -0.3 is 0 Å². The second-order valence-corrected chi connectivity index (χ2v) is 3.24. The number of hydrogen-bond acceptors (Lipinski definition) is 0. The molecule has 10 heavy (non-hydrogen) atoms. The van der Waals surface area contributed by atoms with Crippen LogP contribution in [-0.2, 0) is 0 Å². The zero-order valence-electron chi connectivity index (χ0n) is 7.98. The second-order valence-electron chi connectivity index (χ2n) is 3.24. The van der Waals surface area contributed by atoms with E-state index in [1.54, 1.807) is 0 Å². The van der Waals surface area contributed by atoms with Crippen LogP contribution in [-0.4, -0.2) is 0 Å². The van der Waals surface area contributed by atoms with E-state index in [0.717, 1.165) is 11.8 Å². The van der Waals surface area contributed by atoms with Gasteiger partial charge in [0.15, 0.2) is 0 Å². The maximum Gasteiger partial charge on any atom is -0.0417 e. The fraction of sp³-hybridized carbons (Fsp3) is 1.00. The highest BCUT2D eigenvalue weighted by atomic mass is 14.2. The molecule has 0 aliphatic heterocycles. The topological polar surface area (TPSA) is 0 Å². The molecule has 0 aromatic rings. The van der Waals surface area contributed by atoms with Gasteiger partial charge in [-0.2, -0.15) is 0 Å². The van der Waals surface area contributed by atoms with Gasteiger partial charge in [-0.3, -0.25) is 0 Å². The van der Waals surface area contributed by atoms with E-state index in [2.05, 4.69) is 13.8 Å². The molecular weight excluding hydrogens is 120 g/mol. The monoisotopic (exact) mass is 142 g/mol. The van der Waals surface area contributed by atoms with Crippen molar-refractivity contribution in [1.29, 1.82) is 0 Å². The molecule has 0 spiro atoms. The van der Waals surface area contributed by atoms with Crippen molar-refractivity contribution >= 4 is 0 Å². The summed E-state index contributed by atoms with van der Waals surface area (Å²) >= 11 is 0. The quantitative estimate of drug-likeness (QED) is 0.482. The Labute approximate surface area is 66.0 Å². The third-order valence-electron chi connectivity index (χ3n) is 2.54. The molecule has 62 valence electrons. The fourth-order valence-corrected chi connectivity index (χ4v) is 1.50. The van der Waals surface area contributed by atoms with Gasteiger partial charge in [0.2, 0.25) is 0 Å². The highest BCUT2D eigenvalue weighted by Gasteiger charge is 2.15. The Kier molecular flexibility index (Phi) is 5.76. The number of rotatable bonds is 0. The minimum atomic E-state index is 1.00. The molecular formula is C10H22. The standard InChI is InChI=1S/C8H16.C2H6/c1-7-5-3-4-6-8(7)2;1-2/h7-8H,3-6H2,1-2H3;1-2H3. The van der Waals surface area contributed by atoms with Crippen LogP contribution in [0.3, 0.4) is 0 Å². The molecule has 0 aromatic carbocycles. The summed E-state index contributed by atoms with van der Waals surface area (Å²) in [7, 11) is 0. The van der Waals surface area contributed by atoms with E-state index in [4.69, 9.17) is 0 Å². The van der Waals surface area contributed by atoms with Crippen molar-refractivity contribution in [2.75, 3.05) is 0 Å². The largest absolute Gasteiger partial charge is 0.0683 e. The van der Waals surface area contributed by atoms with E-state index in [9.17, 15) is 0 Å². The first-order valence-electron chi connectivity index (χ1n) is 4.80. The van der Waals surface area contributed by atoms with Gasteiger partial charge in [0.25, 0.3) is 0 Å². The van der Waals surface area contributed by atoms with Gasteiger partial charge in [0.05, 0.1) is 0 Å². The molecule has 0 amide bonds. The Hall–Kier alpha value is 0. The van der Waals surface area contributed by atoms with Gasteiger partial charge in [-0.05, 0) is 11.8 Å². The zero-order valence-corrected chi connectivity index (χ0v) is 7.98. The van der Waals surface area contributed by atoms with Crippen LogP contribution < -0.4 is 0 Å². The predicted molar refractivity (Wildman–Crippen MR) is 48.1 cm³/mol. The SMILES string of the molecule is CC.CC1CCCCC1C. The third-order valence-corrected chi connectivity index (χ3v) is 2.54. The maximum atomic E-state index is 2.38. The molecule has 0 heterocycles. The summed E-state index contributed by atoms with van der Waals surface area (Å²) in [4.78, 5) is 0. The van der Waals surface area contributed by atoms with E-state index >= 15 is 0 Å². The van der Waals surface area contributed by atoms with Crippen molar-refractivity contribution in [2.24, 2.45) is 11.8 Å². The molecule has 1 aliphatic rings. The molecule has 2 atom stereocenters. The van der Waals surface area contributed by atoms with E-state index in [1.807, 2.05) is 13.8 Å². The average molecular weight is 142 g/mol. The van der Waals surface area contributed by atoms with E-state index < -0.39 is 0 Å². The van der Waals surface area contributed by atoms with Crippen molar-refractivity contribution in [2.45, 2.75) is 53.4 Å². The Morgan fingerprint density at radius 1 is 0.800 bits per heavy atom. The summed E-state index contributed by atoms with van der Waals surface area (Å²) in [6.07, 6.45) is 5.90. The van der Waals surface area contributed by atoms with E-state index in [1.165, 1.54) is 25.7 Å². The summed E-state index contributed by atoms with van der Waals surface area (Å²) in [5, 5.41) is 0. The van der Waals surface area contributed by atoms with E-state index in [0.29, 0.717) is 0 Å². The highest BCUT2D eigenvalue weighted by molar-refractivity contribution is 4.67. The molecule has 0 aromatic heterocycles. The molecule has 2 unspecified atom stereocenters. The molecule has 1 saturated carbocycles. The fourth-order valence-electron chi connectivity index (χ4n) is 1.50. The van der Waals surface area contributed by atoms with Crippen LogP contribution in [0.1, 0.15) is 53.4 Å². The Balaban J connectivity index is 0.000000371. The van der Waals surface area contributed by atoms with Crippen LogP contribution in [0.15, 0.2) is 0 Å². The lowest BCUT2D eigenvalue weighted by Gasteiger charge is -2.24. The molecule has 0 saturated heterocycles. The first-order valence-corrected chi connectivity index (χ1v) is 4.80. The summed E-state index contributed by atoms with van der Waals surface area (Å²) in [6, 6.07) is 0. The summed E-state index contributed by atoms with van der Waals surface area (Å²) in [6.45, 7) is 8.76. The van der Waals surface area contributed by atoms with Crippen LogP contribution in [0.4, 0.5) is 0 Å². The molecule has 0 nitrogen and oxygen atoms in total. The van der Waals surface area contributed by atoms with E-state index in [-0.39, 0.29) is 0 Å². The van der Waals surface area contributed by atoms with Gasteiger partial charge in [0.1, 0.15) is 0 Å². The minimum absolute atomic E-state index is 1.00. The second kappa shape index (κ2) is 5.76. The van der Waals surface area contributed by atoms with Crippen molar-refractivity contribution in [3.8, 4) is 0 Å². The third kappa shape index (κ3) is 3.24. The first kappa shape index (κ1) is 10.0. The van der Waals surface area contributed by atoms with Gasteiger partial charge in [0, 0.05) is 0 Å². The lowest BCUT2D eigenvalue weighted by molar-refractivity contribution is 0.277. The maximum absolute atomic E-state index is 2.38. The average Bonchev–Trinajstić information content (AvgIpc) is 2.00. The summed E-state index contributed by atoms with van der Waals surface area (Å²) in [5.74, 6) is 2.01. The summed E-state index contributed by atoms with van der Waals surface area (Å²) < 4.78 is 0. The summed E-state index contributed by atoms with van der Waals surface area (Å²) in [5.41, 5.74) is 0. The van der Waals surface area contributed by atoms with Crippen molar-refractivity contribution in [3.63, 3.8) is 0 Å². The molecule has 0 heteroatoms. The zero-order chi connectivity index (χ0) is 7.98.